The molecule has 1 N–H and O–H groups in total. The van der Waals surface area contributed by atoms with Crippen molar-refractivity contribution in [2.24, 2.45) is 0 Å². The molecular weight excluding hydrogens is 178 g/mol. The van der Waals surface area contributed by atoms with Crippen LogP contribution in [0.25, 0.3) is 6.08 Å². The van der Waals surface area contributed by atoms with E-state index in [0.29, 0.717) is 5.56 Å². The molecule has 1 rings (SSSR count). The summed E-state index contributed by atoms with van der Waals surface area (Å²) in [5, 5.41) is 17.0. The molecule has 0 aliphatic rings. The highest BCUT2D eigenvalue weighted by molar-refractivity contribution is 5.85. The van der Waals surface area contributed by atoms with Crippen molar-refractivity contribution >= 4 is 12.0 Å². The highest BCUT2D eigenvalue weighted by Gasteiger charge is 1.96. The highest BCUT2D eigenvalue weighted by Crippen LogP contribution is 2.11. The molecule has 3 nitrogen and oxygen atoms in total. The summed E-state index contributed by atoms with van der Waals surface area (Å²) in [6, 6.07) is 7.13. The molecule has 0 aromatic heterocycles. The second kappa shape index (κ2) is 4.24. The Morgan fingerprint density at radius 1 is 1.57 bits per heavy atom. The fraction of sp³-hybridized carbons (Fsp3) is 0.0909. The molecule has 0 unspecified atom stereocenters. The van der Waals surface area contributed by atoms with E-state index < -0.39 is 5.97 Å². The lowest BCUT2D eigenvalue weighted by atomic mass is 10.1. The normalized spacial score (nSPS) is 10.0. The summed E-state index contributed by atoms with van der Waals surface area (Å²) < 4.78 is 0. The molecule has 0 amide bonds. The van der Waals surface area contributed by atoms with Crippen molar-refractivity contribution in [2.45, 2.75) is 6.92 Å². The zero-order chi connectivity index (χ0) is 10.6. The van der Waals surface area contributed by atoms with E-state index >= 15 is 0 Å². The molecule has 0 atom stereocenters. The van der Waals surface area contributed by atoms with Gasteiger partial charge in [-0.3, -0.25) is 0 Å². The number of carboxylic acids is 1. The first-order valence-electron chi connectivity index (χ1n) is 4.05. The van der Waals surface area contributed by atoms with Gasteiger partial charge in [-0.15, -0.1) is 0 Å². The van der Waals surface area contributed by atoms with Crippen LogP contribution in [0.4, 0.5) is 0 Å². The first kappa shape index (κ1) is 10.0. The van der Waals surface area contributed by atoms with E-state index in [1.807, 2.05) is 13.0 Å². The number of carbonyl (C=O) groups is 1. The van der Waals surface area contributed by atoms with Crippen molar-refractivity contribution in [3.8, 4) is 6.07 Å². The molecule has 0 bridgehead atoms. The largest absolute Gasteiger partial charge is 0.478 e. The van der Waals surface area contributed by atoms with Gasteiger partial charge in [0.1, 0.15) is 0 Å². The van der Waals surface area contributed by atoms with Crippen LogP contribution in [0.5, 0.6) is 0 Å². The molecule has 0 aliphatic carbocycles. The zero-order valence-electron chi connectivity index (χ0n) is 7.69. The Labute approximate surface area is 81.9 Å². The van der Waals surface area contributed by atoms with Crippen LogP contribution in [0.1, 0.15) is 16.7 Å². The summed E-state index contributed by atoms with van der Waals surface area (Å²) in [5.41, 5.74) is 2.28. The standard InChI is InChI=1S/C11H9NO2/c1-8-6-9(7-12)2-3-10(8)4-5-11(13)14/h2-6H,1H3,(H,13,14)/b5-4+. The Hall–Kier alpha value is -2.08. The molecule has 1 aromatic carbocycles. The predicted molar refractivity (Wildman–Crippen MR) is 52.6 cm³/mol. The van der Waals surface area contributed by atoms with E-state index in [-0.39, 0.29) is 0 Å². The van der Waals surface area contributed by atoms with Gasteiger partial charge < -0.3 is 5.11 Å². The van der Waals surface area contributed by atoms with Gasteiger partial charge in [-0.1, -0.05) is 6.07 Å². The first-order chi connectivity index (χ1) is 6.63. The van der Waals surface area contributed by atoms with E-state index in [1.54, 1.807) is 18.2 Å². The molecule has 0 saturated carbocycles. The number of aryl methyl sites for hydroxylation is 1. The second-order valence-electron chi connectivity index (χ2n) is 2.85. The Kier molecular flexibility index (Phi) is 3.03. The predicted octanol–water partition coefficient (Wildman–Crippen LogP) is 1.96. The molecule has 70 valence electrons. The minimum atomic E-state index is -0.978. The SMILES string of the molecule is Cc1cc(C#N)ccc1/C=C/C(=O)O. The quantitative estimate of drug-likeness (QED) is 0.720. The van der Waals surface area contributed by atoms with Gasteiger partial charge in [-0.25, -0.2) is 4.79 Å². The average Bonchev–Trinajstić information content (AvgIpc) is 2.15. The van der Waals surface area contributed by atoms with Crippen LogP contribution in [0, 0.1) is 18.3 Å². The monoisotopic (exact) mass is 187 g/mol. The average molecular weight is 187 g/mol. The van der Waals surface area contributed by atoms with Crippen LogP contribution in [0.3, 0.4) is 0 Å². The van der Waals surface area contributed by atoms with Crippen molar-refractivity contribution in [1.82, 2.24) is 0 Å². The van der Waals surface area contributed by atoms with Gasteiger partial charge in [0.25, 0.3) is 0 Å². The number of hydrogen-bond donors (Lipinski definition) is 1. The molecule has 0 heterocycles. The molecule has 0 spiro atoms. The highest BCUT2D eigenvalue weighted by atomic mass is 16.4. The van der Waals surface area contributed by atoms with Crippen LogP contribution in [0.2, 0.25) is 0 Å². The Balaban J connectivity index is 3.02. The van der Waals surface area contributed by atoms with Crippen molar-refractivity contribution in [2.75, 3.05) is 0 Å². The fourth-order valence-electron chi connectivity index (χ4n) is 1.09. The van der Waals surface area contributed by atoms with Crippen LogP contribution >= 0.6 is 0 Å². The second-order valence-corrected chi connectivity index (χ2v) is 2.85. The molecule has 3 heteroatoms. The minimum Gasteiger partial charge on any atom is -0.478 e. The molecule has 14 heavy (non-hydrogen) atoms. The van der Waals surface area contributed by atoms with E-state index in [9.17, 15) is 4.79 Å². The molecule has 0 saturated heterocycles. The van der Waals surface area contributed by atoms with E-state index in [0.717, 1.165) is 17.2 Å². The zero-order valence-corrected chi connectivity index (χ0v) is 7.69. The summed E-state index contributed by atoms with van der Waals surface area (Å²) in [5.74, 6) is -0.978. The van der Waals surface area contributed by atoms with Gasteiger partial charge in [0.15, 0.2) is 0 Å². The van der Waals surface area contributed by atoms with Crippen molar-refractivity contribution in [3.05, 3.63) is 41.0 Å². The minimum absolute atomic E-state index is 0.579. The van der Waals surface area contributed by atoms with Gasteiger partial charge in [0.05, 0.1) is 11.6 Å². The number of nitrogens with zero attached hydrogens (tertiary/aromatic N) is 1. The van der Waals surface area contributed by atoms with Crippen LogP contribution < -0.4 is 0 Å². The van der Waals surface area contributed by atoms with Crippen LogP contribution in [0.15, 0.2) is 24.3 Å². The van der Waals surface area contributed by atoms with E-state index in [4.69, 9.17) is 10.4 Å². The lowest BCUT2D eigenvalue weighted by Gasteiger charge is -1.99. The summed E-state index contributed by atoms with van der Waals surface area (Å²) in [4.78, 5) is 10.3. The molecule has 1 aromatic rings. The van der Waals surface area contributed by atoms with Gasteiger partial charge in [-0.2, -0.15) is 5.26 Å². The lowest BCUT2D eigenvalue weighted by molar-refractivity contribution is -0.131. The van der Waals surface area contributed by atoms with Crippen molar-refractivity contribution in [3.63, 3.8) is 0 Å². The van der Waals surface area contributed by atoms with Crippen molar-refractivity contribution < 1.29 is 9.90 Å². The third-order valence-corrected chi connectivity index (χ3v) is 1.80. The summed E-state index contributed by atoms with van der Waals surface area (Å²) in [7, 11) is 0. The van der Waals surface area contributed by atoms with Gasteiger partial charge in [-0.05, 0) is 36.3 Å². The van der Waals surface area contributed by atoms with Gasteiger partial charge in [0.2, 0.25) is 0 Å². The third kappa shape index (κ3) is 2.46. The number of carboxylic acid groups (broad SMARTS) is 1. The summed E-state index contributed by atoms with van der Waals surface area (Å²) in [6.45, 7) is 1.84. The number of rotatable bonds is 2. The third-order valence-electron chi connectivity index (χ3n) is 1.80. The van der Waals surface area contributed by atoms with E-state index in [2.05, 4.69) is 0 Å². The Morgan fingerprint density at radius 2 is 2.29 bits per heavy atom. The number of hydrogen-bond acceptors (Lipinski definition) is 2. The maximum absolute atomic E-state index is 10.3. The molecular formula is C11H9NO2. The van der Waals surface area contributed by atoms with Crippen molar-refractivity contribution in [1.29, 1.82) is 5.26 Å². The molecule has 0 fully saturated rings. The van der Waals surface area contributed by atoms with Gasteiger partial charge >= 0.3 is 5.97 Å². The fourth-order valence-corrected chi connectivity index (χ4v) is 1.09. The lowest BCUT2D eigenvalue weighted by Crippen LogP contribution is -1.87. The molecule has 0 radical (unpaired) electrons. The smallest absolute Gasteiger partial charge is 0.328 e. The Morgan fingerprint density at radius 3 is 2.79 bits per heavy atom. The summed E-state index contributed by atoms with van der Waals surface area (Å²) in [6.07, 6.45) is 2.59. The maximum atomic E-state index is 10.3. The molecule has 0 aliphatic heterocycles. The van der Waals surface area contributed by atoms with Gasteiger partial charge in [0, 0.05) is 6.08 Å². The maximum Gasteiger partial charge on any atom is 0.328 e. The van der Waals surface area contributed by atoms with Crippen LogP contribution in [-0.2, 0) is 4.79 Å². The number of nitriles is 1. The number of benzene rings is 1. The number of aliphatic carboxylic acids is 1. The Bertz CT molecular complexity index is 427. The first-order valence-corrected chi connectivity index (χ1v) is 4.05. The topological polar surface area (TPSA) is 61.1 Å². The van der Waals surface area contributed by atoms with E-state index in [1.165, 1.54) is 6.08 Å². The van der Waals surface area contributed by atoms with Crippen LogP contribution in [-0.4, -0.2) is 11.1 Å². The summed E-state index contributed by atoms with van der Waals surface area (Å²) >= 11 is 0.